The van der Waals surface area contributed by atoms with E-state index in [4.69, 9.17) is 0 Å². The highest BCUT2D eigenvalue weighted by atomic mass is 32.3. The molecule has 0 aliphatic heterocycles. The molecule has 34 heavy (non-hydrogen) atoms. The fourth-order valence-corrected chi connectivity index (χ4v) is 7.68. The van der Waals surface area contributed by atoms with Crippen molar-refractivity contribution in [2.75, 3.05) is 24.0 Å². The first-order chi connectivity index (χ1) is 15.7. The molecule has 0 radical (unpaired) electrons. The van der Waals surface area contributed by atoms with Gasteiger partial charge in [-0.05, 0) is 103 Å². The van der Waals surface area contributed by atoms with Crippen LogP contribution >= 0.6 is 10.0 Å². The Bertz CT molecular complexity index is 830. The Morgan fingerprint density at radius 2 is 1.74 bits per heavy atom. The van der Waals surface area contributed by atoms with Gasteiger partial charge in [-0.3, -0.25) is 0 Å². The van der Waals surface area contributed by atoms with Gasteiger partial charge in [0.25, 0.3) is 0 Å². The van der Waals surface area contributed by atoms with Crippen molar-refractivity contribution in [1.29, 1.82) is 0 Å². The van der Waals surface area contributed by atoms with Gasteiger partial charge in [-0.25, -0.2) is 10.0 Å². The molecule has 2 fully saturated rings. The standard InChI is InChI=1S/C18H24O.C9H17F5S.H2/c1-18-11-10-14-13-5-3-2-4-12(13)6-7-15(14)16(18)8-9-17(18)19;1-4-15(2,3)7-5-6-8(10,11)9(12,13)14;/h2-5,14-17,19H,6-11H2,1H3;4-7H2,1-3H3;1H. The lowest BCUT2D eigenvalue weighted by Crippen LogP contribution is -2.43. The predicted octanol–water partition coefficient (Wildman–Crippen LogP) is 8.20. The second kappa shape index (κ2) is 10.3. The Morgan fingerprint density at radius 1 is 1.06 bits per heavy atom. The zero-order valence-corrected chi connectivity index (χ0v) is 21.8. The number of benzene rings is 1. The van der Waals surface area contributed by atoms with E-state index in [1.807, 2.05) is 19.4 Å². The van der Waals surface area contributed by atoms with Crippen LogP contribution in [0.2, 0.25) is 0 Å². The average Bonchev–Trinajstić information content (AvgIpc) is 3.07. The normalized spacial score (nSPS) is 31.6. The Kier molecular flexibility index (Phi) is 8.39. The molecule has 5 atom stereocenters. The smallest absolute Gasteiger partial charge is 0.393 e. The highest BCUT2D eigenvalue weighted by Gasteiger charge is 2.56. The molecule has 198 valence electrons. The van der Waals surface area contributed by atoms with E-state index in [0.717, 1.165) is 29.9 Å². The minimum atomic E-state index is -5.40. The number of rotatable bonds is 5. The van der Waals surface area contributed by atoms with Gasteiger partial charge in [0.2, 0.25) is 0 Å². The fourth-order valence-electron chi connectivity index (χ4n) is 6.47. The Balaban J connectivity index is 0.000000249. The summed E-state index contributed by atoms with van der Waals surface area (Å²) >= 11 is 0. The third-order valence-corrected chi connectivity index (χ3v) is 11.9. The second-order valence-corrected chi connectivity index (χ2v) is 15.8. The molecule has 4 rings (SSSR count). The van der Waals surface area contributed by atoms with E-state index >= 15 is 0 Å². The molecule has 0 bridgehead atoms. The first kappa shape index (κ1) is 27.8. The molecule has 1 aromatic rings. The van der Waals surface area contributed by atoms with Gasteiger partial charge >= 0.3 is 12.1 Å². The van der Waals surface area contributed by atoms with Crippen LogP contribution in [0, 0.1) is 17.3 Å². The second-order valence-electron chi connectivity index (χ2n) is 11.3. The van der Waals surface area contributed by atoms with Crippen LogP contribution in [0.25, 0.3) is 0 Å². The molecule has 1 aromatic carbocycles. The van der Waals surface area contributed by atoms with Crippen molar-refractivity contribution in [3.05, 3.63) is 35.4 Å². The number of hydrogen-bond acceptors (Lipinski definition) is 1. The van der Waals surface area contributed by atoms with Gasteiger partial charge in [-0.2, -0.15) is 22.0 Å². The van der Waals surface area contributed by atoms with E-state index in [1.54, 1.807) is 11.1 Å². The number of hydrogen-bond donors (Lipinski definition) is 1. The molecular weight excluding hydrogens is 467 g/mol. The Morgan fingerprint density at radius 3 is 2.38 bits per heavy atom. The minimum absolute atomic E-state index is 0. The molecule has 5 unspecified atom stereocenters. The lowest BCUT2D eigenvalue weighted by Gasteiger charge is -2.50. The number of halogens is 5. The maximum Gasteiger partial charge on any atom is 0.453 e. The molecule has 0 saturated heterocycles. The number of alkyl halides is 5. The lowest BCUT2D eigenvalue weighted by atomic mass is 9.55. The van der Waals surface area contributed by atoms with Crippen molar-refractivity contribution in [2.45, 2.75) is 89.3 Å². The number of aryl methyl sites for hydroxylation is 1. The summed E-state index contributed by atoms with van der Waals surface area (Å²) in [5, 5.41) is 10.4. The topological polar surface area (TPSA) is 20.2 Å². The van der Waals surface area contributed by atoms with Crippen molar-refractivity contribution < 1.29 is 28.5 Å². The summed E-state index contributed by atoms with van der Waals surface area (Å²) in [7, 11) is -0.988. The summed E-state index contributed by atoms with van der Waals surface area (Å²) in [5.41, 5.74) is 3.43. The number of aliphatic hydroxyl groups excluding tert-OH is 1. The first-order valence-electron chi connectivity index (χ1n) is 12.6. The number of aliphatic hydroxyl groups is 1. The summed E-state index contributed by atoms with van der Waals surface area (Å²) in [6.07, 6.45) is 4.66. The molecule has 3 aliphatic rings. The summed E-state index contributed by atoms with van der Waals surface area (Å²) in [6, 6.07) is 9.08. The quantitative estimate of drug-likeness (QED) is 0.396. The van der Waals surface area contributed by atoms with Crippen LogP contribution in [-0.2, 0) is 6.42 Å². The van der Waals surface area contributed by atoms with E-state index < -0.39 is 28.5 Å². The first-order valence-corrected chi connectivity index (χ1v) is 15.4. The molecular formula is C27H43F5OS. The average molecular weight is 511 g/mol. The van der Waals surface area contributed by atoms with Gasteiger partial charge in [0.05, 0.1) is 6.10 Å². The monoisotopic (exact) mass is 510 g/mol. The van der Waals surface area contributed by atoms with Crippen molar-refractivity contribution in [3.8, 4) is 0 Å². The SMILES string of the molecule is CC12CCC3c4ccccc4CCC3C1CCC2O.CCS(C)(C)CCCC(F)(F)C(F)(F)F.[HH]. The zero-order chi connectivity index (χ0) is 25.4. The van der Waals surface area contributed by atoms with Crippen LogP contribution in [0.15, 0.2) is 24.3 Å². The summed E-state index contributed by atoms with van der Waals surface area (Å²) < 4.78 is 60.4. The number of fused-ring (bicyclic) bond motifs is 5. The van der Waals surface area contributed by atoms with Crippen LogP contribution in [-0.4, -0.2) is 47.3 Å². The minimum Gasteiger partial charge on any atom is -0.393 e. The van der Waals surface area contributed by atoms with Crippen LogP contribution in [0.1, 0.15) is 77.3 Å². The van der Waals surface area contributed by atoms with Gasteiger partial charge < -0.3 is 5.11 Å². The summed E-state index contributed by atoms with van der Waals surface area (Å²) in [6.45, 7) is 4.28. The van der Waals surface area contributed by atoms with E-state index in [-0.39, 0.29) is 19.4 Å². The van der Waals surface area contributed by atoms with Crippen molar-refractivity contribution in [1.82, 2.24) is 0 Å². The maximum absolute atomic E-state index is 12.5. The van der Waals surface area contributed by atoms with Crippen LogP contribution in [0.3, 0.4) is 0 Å². The summed E-state index contributed by atoms with van der Waals surface area (Å²) in [4.78, 5) is 0. The maximum atomic E-state index is 12.5. The van der Waals surface area contributed by atoms with E-state index in [9.17, 15) is 27.1 Å². The van der Waals surface area contributed by atoms with Gasteiger partial charge in [0.15, 0.2) is 0 Å². The molecule has 0 spiro atoms. The molecule has 1 nitrogen and oxygen atoms in total. The Hall–Kier alpha value is -0.820. The molecule has 0 heterocycles. The van der Waals surface area contributed by atoms with E-state index in [0.29, 0.717) is 5.75 Å². The largest absolute Gasteiger partial charge is 0.453 e. The predicted molar refractivity (Wildman–Crippen MR) is 134 cm³/mol. The highest BCUT2D eigenvalue weighted by molar-refractivity contribution is 8.32. The lowest BCUT2D eigenvalue weighted by molar-refractivity contribution is -0.284. The molecule has 0 aromatic heterocycles. The van der Waals surface area contributed by atoms with Crippen molar-refractivity contribution in [2.24, 2.45) is 17.3 Å². The van der Waals surface area contributed by atoms with Crippen LogP contribution in [0.4, 0.5) is 22.0 Å². The van der Waals surface area contributed by atoms with Gasteiger partial charge in [-0.15, -0.1) is 0 Å². The van der Waals surface area contributed by atoms with E-state index in [1.165, 1.54) is 32.1 Å². The molecule has 7 heteroatoms. The molecule has 3 aliphatic carbocycles. The highest BCUT2D eigenvalue weighted by Crippen LogP contribution is 2.60. The fraction of sp³-hybridized carbons (Fsp3) is 0.778. The van der Waals surface area contributed by atoms with E-state index in [2.05, 4.69) is 31.2 Å². The Labute approximate surface area is 204 Å². The molecule has 2 saturated carbocycles. The van der Waals surface area contributed by atoms with Gasteiger partial charge in [0, 0.05) is 7.85 Å². The zero-order valence-electron chi connectivity index (χ0n) is 20.9. The van der Waals surface area contributed by atoms with Crippen molar-refractivity contribution in [3.63, 3.8) is 0 Å². The third-order valence-electron chi connectivity index (χ3n) is 8.97. The molecule has 1 N–H and O–H groups in total. The summed E-state index contributed by atoms with van der Waals surface area (Å²) in [5.74, 6) is -0.857. The molecule has 0 amide bonds. The van der Waals surface area contributed by atoms with Gasteiger partial charge in [-0.1, -0.05) is 38.1 Å². The third kappa shape index (κ3) is 5.77. The van der Waals surface area contributed by atoms with Crippen LogP contribution in [0.5, 0.6) is 0 Å². The van der Waals surface area contributed by atoms with Crippen molar-refractivity contribution >= 4 is 10.0 Å². The van der Waals surface area contributed by atoms with Crippen LogP contribution < -0.4 is 0 Å². The van der Waals surface area contributed by atoms with Gasteiger partial charge in [0.1, 0.15) is 0 Å².